The van der Waals surface area contributed by atoms with Gasteiger partial charge in [-0.25, -0.2) is 4.79 Å². The van der Waals surface area contributed by atoms with Crippen molar-refractivity contribution in [2.24, 2.45) is 0 Å². The number of hydrogen-bond acceptors (Lipinski definition) is 4. The SMILES string of the molecule is CCN(C(=O)OCc1ccccc1)C1CCCCC1NCC(=O)O. The minimum absolute atomic E-state index is 0.000856. The Bertz CT molecular complexity index is 535. The van der Waals surface area contributed by atoms with Crippen LogP contribution in [0.25, 0.3) is 0 Å². The summed E-state index contributed by atoms with van der Waals surface area (Å²) in [5.74, 6) is -0.881. The largest absolute Gasteiger partial charge is 0.480 e. The van der Waals surface area contributed by atoms with Gasteiger partial charge < -0.3 is 20.1 Å². The maximum Gasteiger partial charge on any atom is 0.410 e. The van der Waals surface area contributed by atoms with Crippen molar-refractivity contribution in [2.75, 3.05) is 13.1 Å². The number of carboxylic acids is 1. The predicted octanol–water partition coefficient (Wildman–Crippen LogP) is 2.63. The first-order chi connectivity index (χ1) is 11.6. The fourth-order valence-corrected chi connectivity index (χ4v) is 3.24. The van der Waals surface area contributed by atoms with E-state index < -0.39 is 5.97 Å². The third kappa shape index (κ3) is 5.23. The normalized spacial score (nSPS) is 20.4. The molecule has 2 atom stereocenters. The second-order valence-corrected chi connectivity index (χ2v) is 6.06. The Morgan fingerprint density at radius 1 is 1.25 bits per heavy atom. The van der Waals surface area contributed by atoms with E-state index >= 15 is 0 Å². The van der Waals surface area contributed by atoms with E-state index in [1.165, 1.54) is 0 Å². The van der Waals surface area contributed by atoms with Crippen LogP contribution in [0, 0.1) is 0 Å². The van der Waals surface area contributed by atoms with E-state index in [0.29, 0.717) is 6.54 Å². The molecule has 0 bridgehead atoms. The fraction of sp³-hybridized carbons (Fsp3) is 0.556. The van der Waals surface area contributed by atoms with E-state index in [1.54, 1.807) is 4.90 Å². The number of likely N-dealkylation sites (N-methyl/N-ethyl adjacent to an activating group) is 1. The van der Waals surface area contributed by atoms with Gasteiger partial charge in [0.15, 0.2) is 0 Å². The first-order valence-electron chi connectivity index (χ1n) is 8.54. The molecule has 2 unspecified atom stereocenters. The number of ether oxygens (including phenoxy) is 1. The van der Waals surface area contributed by atoms with Crippen LogP contribution in [0.5, 0.6) is 0 Å². The molecule has 1 aromatic rings. The summed E-state index contributed by atoms with van der Waals surface area (Å²) >= 11 is 0. The molecule has 6 nitrogen and oxygen atoms in total. The quantitative estimate of drug-likeness (QED) is 0.801. The summed E-state index contributed by atoms with van der Waals surface area (Å²) < 4.78 is 5.45. The molecule has 1 amide bonds. The van der Waals surface area contributed by atoms with Gasteiger partial charge in [0.05, 0.1) is 12.6 Å². The Balaban J connectivity index is 1.95. The molecule has 24 heavy (non-hydrogen) atoms. The van der Waals surface area contributed by atoms with E-state index in [-0.39, 0.29) is 31.3 Å². The number of nitrogens with one attached hydrogen (secondary N) is 1. The molecule has 0 heterocycles. The van der Waals surface area contributed by atoms with Crippen molar-refractivity contribution in [2.45, 2.75) is 51.3 Å². The van der Waals surface area contributed by atoms with Crippen LogP contribution >= 0.6 is 0 Å². The zero-order valence-corrected chi connectivity index (χ0v) is 14.1. The van der Waals surface area contributed by atoms with Crippen LogP contribution in [0.4, 0.5) is 4.79 Å². The lowest BCUT2D eigenvalue weighted by Gasteiger charge is -2.39. The molecule has 0 aromatic heterocycles. The Morgan fingerprint density at radius 2 is 1.96 bits per heavy atom. The molecule has 0 saturated heterocycles. The first kappa shape index (κ1) is 18.3. The molecule has 1 aliphatic carbocycles. The minimum Gasteiger partial charge on any atom is -0.480 e. The van der Waals surface area contributed by atoms with Crippen molar-refractivity contribution < 1.29 is 19.4 Å². The molecule has 0 spiro atoms. The maximum atomic E-state index is 12.5. The second kappa shape index (κ2) is 9.27. The second-order valence-electron chi connectivity index (χ2n) is 6.06. The summed E-state index contributed by atoms with van der Waals surface area (Å²) in [6.07, 6.45) is 3.49. The lowest BCUT2D eigenvalue weighted by atomic mass is 9.89. The lowest BCUT2D eigenvalue weighted by molar-refractivity contribution is -0.136. The van der Waals surface area contributed by atoms with Gasteiger partial charge in [-0.05, 0) is 25.3 Å². The summed E-state index contributed by atoms with van der Waals surface area (Å²) in [7, 11) is 0. The van der Waals surface area contributed by atoms with E-state index in [4.69, 9.17) is 9.84 Å². The van der Waals surface area contributed by atoms with Crippen molar-refractivity contribution in [3.05, 3.63) is 35.9 Å². The van der Waals surface area contributed by atoms with Gasteiger partial charge in [-0.15, -0.1) is 0 Å². The van der Waals surface area contributed by atoms with Gasteiger partial charge >= 0.3 is 12.1 Å². The Hall–Kier alpha value is -2.08. The number of amides is 1. The molecule has 1 aliphatic rings. The Kier molecular flexibility index (Phi) is 7.06. The van der Waals surface area contributed by atoms with Crippen LogP contribution < -0.4 is 5.32 Å². The van der Waals surface area contributed by atoms with Crippen molar-refractivity contribution in [1.29, 1.82) is 0 Å². The molecule has 132 valence electrons. The monoisotopic (exact) mass is 334 g/mol. The molecule has 1 aromatic carbocycles. The highest BCUT2D eigenvalue weighted by molar-refractivity contribution is 5.69. The van der Waals surface area contributed by atoms with Crippen molar-refractivity contribution in [1.82, 2.24) is 10.2 Å². The zero-order valence-electron chi connectivity index (χ0n) is 14.1. The van der Waals surface area contributed by atoms with E-state index in [1.807, 2.05) is 37.3 Å². The summed E-state index contributed by atoms with van der Waals surface area (Å²) in [4.78, 5) is 25.0. The summed E-state index contributed by atoms with van der Waals surface area (Å²) in [6.45, 7) is 2.63. The van der Waals surface area contributed by atoms with Gasteiger partial charge in [0.1, 0.15) is 6.61 Å². The van der Waals surface area contributed by atoms with Crippen LogP contribution in [-0.4, -0.2) is 47.2 Å². The van der Waals surface area contributed by atoms with Crippen LogP contribution in [0.2, 0.25) is 0 Å². The van der Waals surface area contributed by atoms with Crippen molar-refractivity contribution in [3.8, 4) is 0 Å². The molecule has 2 rings (SSSR count). The number of aliphatic carboxylic acids is 1. The smallest absolute Gasteiger partial charge is 0.410 e. The van der Waals surface area contributed by atoms with Crippen LogP contribution in [0.1, 0.15) is 38.2 Å². The number of carbonyl (C=O) groups excluding carboxylic acids is 1. The molecule has 1 saturated carbocycles. The standard InChI is InChI=1S/C18H26N2O4/c1-2-20(18(23)24-13-14-8-4-3-5-9-14)16-11-7-6-10-15(16)19-12-17(21)22/h3-5,8-9,15-16,19H,2,6-7,10-13H2,1H3,(H,21,22). The average Bonchev–Trinajstić information content (AvgIpc) is 2.60. The van der Waals surface area contributed by atoms with Gasteiger partial charge in [0, 0.05) is 12.6 Å². The number of hydrogen-bond donors (Lipinski definition) is 2. The third-order valence-corrected chi connectivity index (χ3v) is 4.43. The molecular formula is C18H26N2O4. The van der Waals surface area contributed by atoms with E-state index in [9.17, 15) is 9.59 Å². The zero-order chi connectivity index (χ0) is 17.4. The first-order valence-corrected chi connectivity index (χ1v) is 8.54. The molecule has 6 heteroatoms. The summed E-state index contributed by atoms with van der Waals surface area (Å²) in [5.41, 5.74) is 0.950. The van der Waals surface area contributed by atoms with Crippen LogP contribution in [0.15, 0.2) is 30.3 Å². The highest BCUT2D eigenvalue weighted by Crippen LogP contribution is 2.24. The third-order valence-electron chi connectivity index (χ3n) is 4.43. The fourth-order valence-electron chi connectivity index (χ4n) is 3.24. The number of benzene rings is 1. The lowest BCUT2D eigenvalue weighted by Crippen LogP contribution is -2.54. The summed E-state index contributed by atoms with van der Waals surface area (Å²) in [6, 6.07) is 9.56. The van der Waals surface area contributed by atoms with Crippen LogP contribution in [-0.2, 0) is 16.1 Å². The molecule has 2 N–H and O–H groups in total. The topological polar surface area (TPSA) is 78.9 Å². The highest BCUT2D eigenvalue weighted by Gasteiger charge is 2.33. The predicted molar refractivity (Wildman–Crippen MR) is 90.7 cm³/mol. The minimum atomic E-state index is -0.881. The molecule has 0 aliphatic heterocycles. The molecule has 1 fully saturated rings. The van der Waals surface area contributed by atoms with E-state index in [2.05, 4.69) is 5.32 Å². The Morgan fingerprint density at radius 3 is 2.62 bits per heavy atom. The number of carboxylic acid groups (broad SMARTS) is 1. The van der Waals surface area contributed by atoms with Gasteiger partial charge in [-0.1, -0.05) is 43.2 Å². The molecular weight excluding hydrogens is 308 g/mol. The van der Waals surface area contributed by atoms with Gasteiger partial charge in [-0.2, -0.15) is 0 Å². The van der Waals surface area contributed by atoms with Crippen molar-refractivity contribution >= 4 is 12.1 Å². The van der Waals surface area contributed by atoms with Gasteiger partial charge in [-0.3, -0.25) is 4.79 Å². The van der Waals surface area contributed by atoms with Crippen LogP contribution in [0.3, 0.4) is 0 Å². The number of rotatable bonds is 7. The molecule has 0 radical (unpaired) electrons. The highest BCUT2D eigenvalue weighted by atomic mass is 16.6. The number of carbonyl (C=O) groups is 2. The van der Waals surface area contributed by atoms with Gasteiger partial charge in [0.25, 0.3) is 0 Å². The Labute approximate surface area is 142 Å². The maximum absolute atomic E-state index is 12.5. The van der Waals surface area contributed by atoms with Gasteiger partial charge in [0.2, 0.25) is 0 Å². The van der Waals surface area contributed by atoms with E-state index in [0.717, 1.165) is 31.2 Å². The number of nitrogens with zero attached hydrogens (tertiary/aromatic N) is 1. The average molecular weight is 334 g/mol. The van der Waals surface area contributed by atoms with Crippen molar-refractivity contribution in [3.63, 3.8) is 0 Å². The summed E-state index contributed by atoms with van der Waals surface area (Å²) in [5, 5.41) is 11.9.